The van der Waals surface area contributed by atoms with Gasteiger partial charge in [0.2, 0.25) is 0 Å². The van der Waals surface area contributed by atoms with Gasteiger partial charge in [-0.05, 0) is 44.7 Å². The largest absolute Gasteiger partial charge is 0.434 e. The number of aryl methyl sites for hydroxylation is 1. The molecule has 3 heterocycles. The van der Waals surface area contributed by atoms with E-state index in [1.807, 2.05) is 11.9 Å². The standard InChI is InChI=1S/C20H23F3N6O/c1-12-15(10-24-27-12)19(30)25-13-6-8-14(9-7-13)28(2)18-5-3-4-17-26-16(11-29(17)18)20(21,22)23/h3-5,10-11,13-14H,6-9H2,1-2H3,(H,24,27)(H,25,30)/t13-,14+. The molecular weight excluding hydrogens is 397 g/mol. The van der Waals surface area contributed by atoms with Gasteiger partial charge in [-0.15, -0.1) is 0 Å². The molecule has 1 amide bonds. The lowest BCUT2D eigenvalue weighted by molar-refractivity contribution is -0.140. The second-order valence-corrected chi connectivity index (χ2v) is 7.71. The van der Waals surface area contributed by atoms with Gasteiger partial charge in [0.15, 0.2) is 5.69 Å². The molecule has 3 aromatic rings. The molecule has 1 aliphatic carbocycles. The van der Waals surface area contributed by atoms with Gasteiger partial charge in [-0.1, -0.05) is 6.07 Å². The molecule has 4 rings (SSSR count). The highest BCUT2D eigenvalue weighted by Gasteiger charge is 2.34. The highest BCUT2D eigenvalue weighted by molar-refractivity contribution is 5.95. The first-order valence-corrected chi connectivity index (χ1v) is 9.83. The van der Waals surface area contributed by atoms with Gasteiger partial charge in [-0.3, -0.25) is 14.3 Å². The smallest absolute Gasteiger partial charge is 0.358 e. The maximum absolute atomic E-state index is 13.1. The minimum Gasteiger partial charge on any atom is -0.358 e. The van der Waals surface area contributed by atoms with Crippen LogP contribution in [0.3, 0.4) is 0 Å². The van der Waals surface area contributed by atoms with Gasteiger partial charge in [0.25, 0.3) is 5.91 Å². The highest BCUT2D eigenvalue weighted by atomic mass is 19.4. The van der Waals surface area contributed by atoms with Crippen molar-refractivity contribution >= 4 is 17.4 Å². The lowest BCUT2D eigenvalue weighted by Gasteiger charge is -2.36. The Balaban J connectivity index is 1.43. The maximum Gasteiger partial charge on any atom is 0.434 e. The van der Waals surface area contributed by atoms with Gasteiger partial charge in [0.05, 0.1) is 11.3 Å². The quantitative estimate of drug-likeness (QED) is 0.677. The van der Waals surface area contributed by atoms with Crippen molar-refractivity contribution in [2.45, 2.75) is 50.9 Å². The first-order chi connectivity index (χ1) is 14.2. The van der Waals surface area contributed by atoms with Crippen LogP contribution in [0.4, 0.5) is 19.0 Å². The van der Waals surface area contributed by atoms with Gasteiger partial charge in [-0.2, -0.15) is 18.3 Å². The number of carbonyl (C=O) groups excluding carboxylic acids is 1. The second-order valence-electron chi connectivity index (χ2n) is 7.71. The van der Waals surface area contributed by atoms with Crippen molar-refractivity contribution in [2.75, 3.05) is 11.9 Å². The average Bonchev–Trinajstić information content (AvgIpc) is 3.33. The number of nitrogens with one attached hydrogen (secondary N) is 2. The Morgan fingerprint density at radius 2 is 2.00 bits per heavy atom. The summed E-state index contributed by atoms with van der Waals surface area (Å²) < 4.78 is 40.7. The maximum atomic E-state index is 13.1. The number of halogens is 3. The lowest BCUT2D eigenvalue weighted by Crippen LogP contribution is -2.43. The van der Waals surface area contributed by atoms with Crippen LogP contribution < -0.4 is 10.2 Å². The molecule has 1 fully saturated rings. The van der Waals surface area contributed by atoms with Crippen molar-refractivity contribution in [3.8, 4) is 0 Å². The van der Waals surface area contributed by atoms with Crippen molar-refractivity contribution in [3.05, 3.63) is 47.5 Å². The number of aromatic nitrogens is 4. The molecular formula is C20H23F3N6O. The molecule has 0 saturated heterocycles. The monoisotopic (exact) mass is 420 g/mol. The van der Waals surface area contributed by atoms with E-state index in [2.05, 4.69) is 20.5 Å². The number of alkyl halides is 3. The third-order valence-corrected chi connectivity index (χ3v) is 5.78. The van der Waals surface area contributed by atoms with Crippen LogP contribution >= 0.6 is 0 Å². The number of pyridine rings is 1. The SMILES string of the molecule is Cc1n[nH]cc1C(=O)N[C@H]1CC[C@@H](N(C)c2cccc3nc(C(F)(F)F)cn23)CC1. The number of carbonyl (C=O) groups is 1. The van der Waals surface area contributed by atoms with E-state index in [0.717, 1.165) is 31.9 Å². The summed E-state index contributed by atoms with van der Waals surface area (Å²) >= 11 is 0. The fraction of sp³-hybridized carbons (Fsp3) is 0.450. The first-order valence-electron chi connectivity index (χ1n) is 9.83. The van der Waals surface area contributed by atoms with E-state index < -0.39 is 11.9 Å². The molecule has 160 valence electrons. The van der Waals surface area contributed by atoms with Crippen molar-refractivity contribution in [2.24, 2.45) is 0 Å². The number of anilines is 1. The number of imidazole rings is 1. The Labute approximate surface area is 171 Å². The minimum atomic E-state index is -4.48. The molecule has 30 heavy (non-hydrogen) atoms. The number of hydrogen-bond acceptors (Lipinski definition) is 4. The number of nitrogens with zero attached hydrogens (tertiary/aromatic N) is 4. The van der Waals surface area contributed by atoms with E-state index in [4.69, 9.17) is 0 Å². The number of H-pyrrole nitrogens is 1. The fourth-order valence-corrected chi connectivity index (χ4v) is 4.07. The Bertz CT molecular complexity index is 1050. The molecule has 0 radical (unpaired) electrons. The number of amides is 1. The van der Waals surface area contributed by atoms with Gasteiger partial charge < -0.3 is 10.2 Å². The molecule has 0 unspecified atom stereocenters. The van der Waals surface area contributed by atoms with E-state index >= 15 is 0 Å². The molecule has 0 spiro atoms. The van der Waals surface area contributed by atoms with Crippen molar-refractivity contribution < 1.29 is 18.0 Å². The Morgan fingerprint density at radius 3 is 2.63 bits per heavy atom. The van der Waals surface area contributed by atoms with E-state index in [1.165, 1.54) is 4.40 Å². The average molecular weight is 420 g/mol. The molecule has 1 saturated carbocycles. The van der Waals surface area contributed by atoms with Gasteiger partial charge in [-0.25, -0.2) is 4.98 Å². The van der Waals surface area contributed by atoms with Crippen LogP contribution in [0.25, 0.3) is 5.65 Å². The summed E-state index contributed by atoms with van der Waals surface area (Å²) in [5.74, 6) is 0.526. The summed E-state index contributed by atoms with van der Waals surface area (Å²) in [6.07, 6.45) is 1.39. The van der Waals surface area contributed by atoms with Crippen molar-refractivity contribution in [3.63, 3.8) is 0 Å². The van der Waals surface area contributed by atoms with Crippen LogP contribution in [0.15, 0.2) is 30.6 Å². The summed E-state index contributed by atoms with van der Waals surface area (Å²) in [4.78, 5) is 18.1. The zero-order valence-electron chi connectivity index (χ0n) is 16.7. The molecule has 0 aliphatic heterocycles. The highest BCUT2D eigenvalue weighted by Crippen LogP contribution is 2.31. The van der Waals surface area contributed by atoms with Crippen molar-refractivity contribution in [1.29, 1.82) is 0 Å². The molecule has 1 aliphatic rings. The minimum absolute atomic E-state index is 0.0670. The van der Waals surface area contributed by atoms with Crippen LogP contribution in [0.5, 0.6) is 0 Å². The zero-order chi connectivity index (χ0) is 21.5. The second kappa shape index (κ2) is 7.66. The summed E-state index contributed by atoms with van der Waals surface area (Å²) in [6, 6.07) is 5.31. The predicted octanol–water partition coefficient (Wildman–Crippen LogP) is 3.56. The number of aromatic amines is 1. The van der Waals surface area contributed by atoms with E-state index in [-0.39, 0.29) is 23.6 Å². The zero-order valence-corrected chi connectivity index (χ0v) is 16.7. The lowest BCUT2D eigenvalue weighted by atomic mass is 9.90. The van der Waals surface area contributed by atoms with Crippen LogP contribution in [0, 0.1) is 6.92 Å². The van der Waals surface area contributed by atoms with Crippen LogP contribution in [-0.4, -0.2) is 44.6 Å². The van der Waals surface area contributed by atoms with Gasteiger partial charge in [0.1, 0.15) is 11.5 Å². The third-order valence-electron chi connectivity index (χ3n) is 5.78. The van der Waals surface area contributed by atoms with E-state index in [9.17, 15) is 18.0 Å². The normalized spacial score (nSPS) is 19.8. The molecule has 3 aromatic heterocycles. The summed E-state index contributed by atoms with van der Waals surface area (Å²) in [5, 5.41) is 9.71. The summed E-state index contributed by atoms with van der Waals surface area (Å²) in [5.41, 5.74) is 0.571. The molecule has 10 heteroatoms. The Morgan fingerprint density at radius 1 is 1.27 bits per heavy atom. The summed E-state index contributed by atoms with van der Waals surface area (Å²) in [6.45, 7) is 1.78. The van der Waals surface area contributed by atoms with Gasteiger partial charge in [0, 0.05) is 31.5 Å². The van der Waals surface area contributed by atoms with Crippen LogP contribution in [0.1, 0.15) is 47.4 Å². The number of rotatable bonds is 4. The molecule has 0 aromatic carbocycles. The fourth-order valence-electron chi connectivity index (χ4n) is 4.07. The Kier molecular flexibility index (Phi) is 5.17. The third kappa shape index (κ3) is 3.86. The molecule has 0 atom stereocenters. The van der Waals surface area contributed by atoms with Crippen molar-refractivity contribution in [1.82, 2.24) is 24.9 Å². The first kappa shape index (κ1) is 20.2. The summed E-state index contributed by atoms with van der Waals surface area (Å²) in [7, 11) is 1.89. The number of fused-ring (bicyclic) bond motifs is 1. The number of hydrogen-bond donors (Lipinski definition) is 2. The Hall–Kier alpha value is -3.04. The van der Waals surface area contributed by atoms with E-state index in [0.29, 0.717) is 17.1 Å². The van der Waals surface area contributed by atoms with E-state index in [1.54, 1.807) is 31.3 Å². The predicted molar refractivity (Wildman–Crippen MR) is 105 cm³/mol. The van der Waals surface area contributed by atoms with Crippen LogP contribution in [0.2, 0.25) is 0 Å². The molecule has 7 nitrogen and oxygen atoms in total. The molecule has 2 N–H and O–H groups in total. The van der Waals surface area contributed by atoms with Gasteiger partial charge >= 0.3 is 6.18 Å². The molecule has 0 bridgehead atoms. The topological polar surface area (TPSA) is 78.3 Å². The van der Waals surface area contributed by atoms with Crippen LogP contribution in [-0.2, 0) is 6.18 Å².